The van der Waals surface area contributed by atoms with Gasteiger partial charge in [-0.2, -0.15) is 5.10 Å². The van der Waals surface area contributed by atoms with Crippen molar-refractivity contribution in [2.45, 2.75) is 64.7 Å². The first kappa shape index (κ1) is 15.8. The highest BCUT2D eigenvalue weighted by atomic mass is 16.5. The van der Waals surface area contributed by atoms with E-state index in [1.54, 1.807) is 0 Å². The normalized spacial score (nSPS) is 16.3. The minimum Gasteiger partial charge on any atom is -0.361 e. The van der Waals surface area contributed by atoms with E-state index in [-0.39, 0.29) is 12.3 Å². The zero-order valence-electron chi connectivity index (χ0n) is 13.8. The number of amides is 1. The number of nitrogens with one attached hydrogen (secondary N) is 2. The standard InChI is InChI=1S/C17H24N4O2/c1-11-14(12(2)23-21-11)9-17(22)18-16-10-15(19-20-16)13-7-5-3-4-6-8-13/h10,13H,3-9H2,1-2H3,(H2,18,19,20,22). The van der Waals surface area contributed by atoms with E-state index in [2.05, 4.69) is 20.7 Å². The molecule has 23 heavy (non-hydrogen) atoms. The number of rotatable bonds is 4. The van der Waals surface area contributed by atoms with Gasteiger partial charge in [-0.1, -0.05) is 30.8 Å². The third-order valence-electron chi connectivity index (χ3n) is 4.68. The summed E-state index contributed by atoms with van der Waals surface area (Å²) in [7, 11) is 0. The SMILES string of the molecule is Cc1noc(C)c1CC(=O)Nc1cc(C2CCCCCC2)[nH]n1. The minimum absolute atomic E-state index is 0.0988. The summed E-state index contributed by atoms with van der Waals surface area (Å²) in [6, 6.07) is 1.97. The van der Waals surface area contributed by atoms with Crippen LogP contribution in [0.5, 0.6) is 0 Å². The van der Waals surface area contributed by atoms with Crippen LogP contribution >= 0.6 is 0 Å². The Morgan fingerprint density at radius 3 is 2.70 bits per heavy atom. The predicted octanol–water partition coefficient (Wildman–Crippen LogP) is 3.63. The third kappa shape index (κ3) is 3.81. The number of nitrogens with zero attached hydrogens (tertiary/aromatic N) is 2. The van der Waals surface area contributed by atoms with E-state index < -0.39 is 0 Å². The Labute approximate surface area is 136 Å². The van der Waals surface area contributed by atoms with Gasteiger partial charge in [0.05, 0.1) is 12.1 Å². The second-order valence-electron chi connectivity index (χ2n) is 6.42. The molecule has 1 amide bonds. The molecule has 124 valence electrons. The number of H-pyrrole nitrogens is 1. The number of hydrogen-bond acceptors (Lipinski definition) is 4. The zero-order chi connectivity index (χ0) is 16.2. The Morgan fingerprint density at radius 2 is 2.04 bits per heavy atom. The molecule has 1 aliphatic carbocycles. The number of hydrogen-bond donors (Lipinski definition) is 2. The average Bonchev–Trinajstić information content (AvgIpc) is 2.98. The Bertz CT molecular complexity index is 646. The van der Waals surface area contributed by atoms with Crippen molar-refractivity contribution < 1.29 is 9.32 Å². The summed E-state index contributed by atoms with van der Waals surface area (Å²) in [5, 5.41) is 14.1. The van der Waals surface area contributed by atoms with Crippen molar-refractivity contribution in [3.05, 3.63) is 28.8 Å². The van der Waals surface area contributed by atoms with Gasteiger partial charge in [0, 0.05) is 23.2 Å². The van der Waals surface area contributed by atoms with Crippen molar-refractivity contribution in [2.75, 3.05) is 5.32 Å². The molecule has 2 aromatic rings. The van der Waals surface area contributed by atoms with Crippen LogP contribution in [0.15, 0.2) is 10.6 Å². The highest BCUT2D eigenvalue weighted by molar-refractivity contribution is 5.91. The van der Waals surface area contributed by atoms with Gasteiger partial charge in [0.2, 0.25) is 5.91 Å². The molecule has 0 radical (unpaired) electrons. The Balaban J connectivity index is 1.61. The summed E-state index contributed by atoms with van der Waals surface area (Å²) in [5.41, 5.74) is 2.75. The molecule has 3 rings (SSSR count). The fraction of sp³-hybridized carbons (Fsp3) is 0.588. The maximum atomic E-state index is 12.2. The Hall–Kier alpha value is -2.11. The molecule has 1 saturated carbocycles. The van der Waals surface area contributed by atoms with Gasteiger partial charge < -0.3 is 9.84 Å². The largest absolute Gasteiger partial charge is 0.361 e. The van der Waals surface area contributed by atoms with Crippen LogP contribution in [0.3, 0.4) is 0 Å². The van der Waals surface area contributed by atoms with E-state index in [0.29, 0.717) is 17.5 Å². The molecule has 0 atom stereocenters. The van der Waals surface area contributed by atoms with Crippen LogP contribution in [-0.2, 0) is 11.2 Å². The second kappa shape index (κ2) is 6.98. The molecule has 0 aliphatic heterocycles. The zero-order valence-corrected chi connectivity index (χ0v) is 13.8. The highest BCUT2D eigenvalue weighted by Gasteiger charge is 2.18. The van der Waals surface area contributed by atoms with Gasteiger partial charge in [-0.25, -0.2) is 0 Å². The van der Waals surface area contributed by atoms with Crippen LogP contribution in [0.4, 0.5) is 5.82 Å². The van der Waals surface area contributed by atoms with Crippen molar-refractivity contribution in [3.8, 4) is 0 Å². The first-order valence-corrected chi connectivity index (χ1v) is 8.40. The Morgan fingerprint density at radius 1 is 1.30 bits per heavy atom. The minimum atomic E-state index is -0.0988. The van der Waals surface area contributed by atoms with Gasteiger partial charge in [0.1, 0.15) is 5.76 Å². The molecular weight excluding hydrogens is 292 g/mol. The predicted molar refractivity (Wildman–Crippen MR) is 87.3 cm³/mol. The number of aromatic nitrogens is 3. The molecule has 2 N–H and O–H groups in total. The average molecular weight is 316 g/mol. The maximum Gasteiger partial charge on any atom is 0.230 e. The Kier molecular flexibility index (Phi) is 4.79. The maximum absolute atomic E-state index is 12.2. The van der Waals surface area contributed by atoms with Crippen LogP contribution in [0.25, 0.3) is 0 Å². The highest BCUT2D eigenvalue weighted by Crippen LogP contribution is 2.31. The lowest BCUT2D eigenvalue weighted by Crippen LogP contribution is -2.15. The molecule has 0 bridgehead atoms. The van der Waals surface area contributed by atoms with E-state index in [4.69, 9.17) is 4.52 Å². The van der Waals surface area contributed by atoms with Crippen LogP contribution in [0, 0.1) is 13.8 Å². The van der Waals surface area contributed by atoms with Gasteiger partial charge in [0.25, 0.3) is 0 Å². The molecule has 1 fully saturated rings. The van der Waals surface area contributed by atoms with E-state index in [1.807, 2.05) is 19.9 Å². The fourth-order valence-corrected chi connectivity index (χ4v) is 3.30. The molecule has 2 aromatic heterocycles. The van der Waals surface area contributed by atoms with Gasteiger partial charge in [-0.15, -0.1) is 0 Å². The van der Waals surface area contributed by atoms with E-state index in [1.165, 1.54) is 38.5 Å². The summed E-state index contributed by atoms with van der Waals surface area (Å²) >= 11 is 0. The van der Waals surface area contributed by atoms with Crippen molar-refractivity contribution >= 4 is 11.7 Å². The van der Waals surface area contributed by atoms with E-state index in [9.17, 15) is 4.79 Å². The smallest absolute Gasteiger partial charge is 0.230 e. The van der Waals surface area contributed by atoms with Crippen LogP contribution < -0.4 is 5.32 Å². The van der Waals surface area contributed by atoms with E-state index >= 15 is 0 Å². The molecule has 6 nitrogen and oxygen atoms in total. The quantitative estimate of drug-likeness (QED) is 0.844. The molecule has 1 aliphatic rings. The van der Waals surface area contributed by atoms with Crippen LogP contribution in [-0.4, -0.2) is 21.3 Å². The topological polar surface area (TPSA) is 83.8 Å². The lowest BCUT2D eigenvalue weighted by Gasteiger charge is -2.10. The molecule has 0 unspecified atom stereocenters. The first-order valence-electron chi connectivity index (χ1n) is 8.40. The van der Waals surface area contributed by atoms with Gasteiger partial charge in [-0.3, -0.25) is 9.89 Å². The van der Waals surface area contributed by atoms with Gasteiger partial charge in [-0.05, 0) is 26.7 Å². The summed E-state index contributed by atoms with van der Waals surface area (Å²) in [6.45, 7) is 3.67. The second-order valence-corrected chi connectivity index (χ2v) is 6.42. The fourth-order valence-electron chi connectivity index (χ4n) is 3.30. The molecule has 2 heterocycles. The van der Waals surface area contributed by atoms with Gasteiger partial charge >= 0.3 is 0 Å². The van der Waals surface area contributed by atoms with Crippen molar-refractivity contribution in [3.63, 3.8) is 0 Å². The monoisotopic (exact) mass is 316 g/mol. The molecule has 0 saturated heterocycles. The molecular formula is C17H24N4O2. The number of aryl methyl sites for hydroxylation is 2. The van der Waals surface area contributed by atoms with Crippen molar-refractivity contribution in [1.82, 2.24) is 15.4 Å². The first-order chi connectivity index (χ1) is 11.1. The summed E-state index contributed by atoms with van der Waals surface area (Å²) in [4.78, 5) is 12.2. The van der Waals surface area contributed by atoms with Crippen molar-refractivity contribution in [2.24, 2.45) is 0 Å². The number of anilines is 1. The lowest BCUT2D eigenvalue weighted by atomic mass is 9.97. The van der Waals surface area contributed by atoms with Crippen LogP contribution in [0.2, 0.25) is 0 Å². The molecule has 6 heteroatoms. The van der Waals surface area contributed by atoms with Gasteiger partial charge in [0.15, 0.2) is 5.82 Å². The lowest BCUT2D eigenvalue weighted by molar-refractivity contribution is -0.115. The number of carbonyl (C=O) groups is 1. The number of aromatic amines is 1. The number of carbonyl (C=O) groups excluding carboxylic acids is 1. The third-order valence-corrected chi connectivity index (χ3v) is 4.68. The summed E-state index contributed by atoms with van der Waals surface area (Å²) in [6.07, 6.45) is 7.86. The van der Waals surface area contributed by atoms with Crippen molar-refractivity contribution in [1.29, 1.82) is 0 Å². The molecule has 0 spiro atoms. The summed E-state index contributed by atoms with van der Waals surface area (Å²) in [5.74, 6) is 1.73. The summed E-state index contributed by atoms with van der Waals surface area (Å²) < 4.78 is 5.09. The van der Waals surface area contributed by atoms with Crippen LogP contribution in [0.1, 0.15) is 67.2 Å². The van der Waals surface area contributed by atoms with E-state index in [0.717, 1.165) is 17.0 Å². The molecule has 0 aromatic carbocycles.